The van der Waals surface area contributed by atoms with Crippen molar-refractivity contribution in [1.29, 1.82) is 0 Å². The van der Waals surface area contributed by atoms with Crippen molar-refractivity contribution < 1.29 is 0 Å². The van der Waals surface area contributed by atoms with Gasteiger partial charge < -0.3 is 9.47 Å². The Balaban J connectivity index is 1.44. The summed E-state index contributed by atoms with van der Waals surface area (Å²) < 4.78 is 2.35. The molecule has 124 valence electrons. The Bertz CT molecular complexity index is 953. The second-order valence-electron chi connectivity index (χ2n) is 6.66. The van der Waals surface area contributed by atoms with E-state index in [1.54, 1.807) is 0 Å². The molecule has 8 nitrogen and oxygen atoms in total. The number of hydrogen-bond donors (Lipinski definition) is 2. The molecule has 2 N–H and O–H groups in total. The molecule has 0 saturated carbocycles. The minimum absolute atomic E-state index is 0.146. The van der Waals surface area contributed by atoms with Crippen LogP contribution in [-0.4, -0.2) is 42.8 Å². The van der Waals surface area contributed by atoms with E-state index in [0.717, 1.165) is 32.4 Å². The number of aromatic nitrogens is 6. The van der Waals surface area contributed by atoms with E-state index in [1.807, 2.05) is 6.33 Å². The number of H-pyrrole nitrogens is 2. The zero-order valence-corrected chi connectivity index (χ0v) is 13.3. The van der Waals surface area contributed by atoms with E-state index in [0.29, 0.717) is 23.0 Å². The third kappa shape index (κ3) is 2.05. The summed E-state index contributed by atoms with van der Waals surface area (Å²) in [7, 11) is 0. The smallest absolute Gasteiger partial charge is 0.263 e. The number of rotatable bonds is 2. The summed E-state index contributed by atoms with van der Waals surface area (Å²) in [6.07, 6.45) is 9.27. The molecule has 0 amide bonds. The standard InChI is InChI=1S/C16H19N7O/c24-15-11-7-18-21-14(11)19-16(20-15)22-6-5-10(8-22)23-9-17-12-3-1-2-4-13(12)23/h7,9-10H,1-6,8H2,(H2,18,19,20,21,24). The van der Waals surface area contributed by atoms with Crippen molar-refractivity contribution in [3.05, 3.63) is 34.3 Å². The van der Waals surface area contributed by atoms with Crippen LogP contribution in [0.4, 0.5) is 5.95 Å². The SMILES string of the molecule is O=c1[nH]c(N2CCC(n3cnc4c3CCCC4)C2)nc2[nH]ncc12. The van der Waals surface area contributed by atoms with E-state index in [2.05, 4.69) is 34.6 Å². The minimum Gasteiger partial charge on any atom is -0.340 e. The van der Waals surface area contributed by atoms with Gasteiger partial charge in [-0.05, 0) is 32.1 Å². The first kappa shape index (κ1) is 13.8. The molecule has 3 aromatic rings. The van der Waals surface area contributed by atoms with Crippen LogP contribution in [0.2, 0.25) is 0 Å². The molecule has 1 saturated heterocycles. The molecule has 0 aromatic carbocycles. The van der Waals surface area contributed by atoms with Crippen LogP contribution in [0.5, 0.6) is 0 Å². The summed E-state index contributed by atoms with van der Waals surface area (Å²) in [4.78, 5) is 26.3. The van der Waals surface area contributed by atoms with E-state index in [1.165, 1.54) is 30.4 Å². The molecule has 0 bridgehead atoms. The van der Waals surface area contributed by atoms with Crippen LogP contribution in [0, 0.1) is 0 Å². The fourth-order valence-electron chi connectivity index (χ4n) is 3.95. The molecule has 8 heteroatoms. The van der Waals surface area contributed by atoms with Gasteiger partial charge in [-0.25, -0.2) is 4.98 Å². The van der Waals surface area contributed by atoms with E-state index in [9.17, 15) is 4.79 Å². The first-order valence-corrected chi connectivity index (χ1v) is 8.52. The molecule has 1 aliphatic heterocycles. The third-order valence-corrected chi connectivity index (χ3v) is 5.22. The maximum Gasteiger partial charge on any atom is 0.263 e. The Morgan fingerprint density at radius 2 is 2.17 bits per heavy atom. The summed E-state index contributed by atoms with van der Waals surface area (Å²) in [6.45, 7) is 1.71. The largest absolute Gasteiger partial charge is 0.340 e. The molecular formula is C16H19N7O. The summed E-state index contributed by atoms with van der Waals surface area (Å²) in [5.74, 6) is 0.619. The molecule has 1 atom stereocenters. The van der Waals surface area contributed by atoms with Gasteiger partial charge in [-0.1, -0.05) is 0 Å². The van der Waals surface area contributed by atoms with Gasteiger partial charge in [-0.2, -0.15) is 10.1 Å². The predicted octanol–water partition coefficient (Wildman–Crippen LogP) is 1.17. The number of anilines is 1. The summed E-state index contributed by atoms with van der Waals surface area (Å²) >= 11 is 0. The average Bonchev–Trinajstić information content (AvgIpc) is 3.32. The number of fused-ring (bicyclic) bond motifs is 2. The molecule has 24 heavy (non-hydrogen) atoms. The lowest BCUT2D eigenvalue weighted by molar-refractivity contribution is 0.514. The molecule has 0 radical (unpaired) electrons. The van der Waals surface area contributed by atoms with Crippen LogP contribution in [0.25, 0.3) is 11.0 Å². The van der Waals surface area contributed by atoms with Gasteiger partial charge in [0.05, 0.1) is 24.3 Å². The van der Waals surface area contributed by atoms with Crippen molar-refractivity contribution in [2.24, 2.45) is 0 Å². The minimum atomic E-state index is -0.146. The fraction of sp³-hybridized carbons (Fsp3) is 0.500. The Labute approximate surface area is 137 Å². The molecule has 0 spiro atoms. The van der Waals surface area contributed by atoms with Crippen LogP contribution in [0.15, 0.2) is 17.3 Å². The van der Waals surface area contributed by atoms with Crippen molar-refractivity contribution in [2.45, 2.75) is 38.1 Å². The van der Waals surface area contributed by atoms with Crippen molar-refractivity contribution in [3.8, 4) is 0 Å². The van der Waals surface area contributed by atoms with Crippen LogP contribution in [-0.2, 0) is 12.8 Å². The van der Waals surface area contributed by atoms with Gasteiger partial charge in [-0.15, -0.1) is 0 Å². The Hall–Kier alpha value is -2.64. The van der Waals surface area contributed by atoms with Crippen molar-refractivity contribution >= 4 is 17.0 Å². The topological polar surface area (TPSA) is 95.5 Å². The highest BCUT2D eigenvalue weighted by molar-refractivity contribution is 5.73. The van der Waals surface area contributed by atoms with Crippen molar-refractivity contribution in [1.82, 2.24) is 29.7 Å². The first-order chi connectivity index (χ1) is 11.8. The number of aryl methyl sites for hydroxylation is 1. The molecule has 1 fully saturated rings. The Morgan fingerprint density at radius 1 is 1.25 bits per heavy atom. The molecular weight excluding hydrogens is 306 g/mol. The van der Waals surface area contributed by atoms with Crippen molar-refractivity contribution in [3.63, 3.8) is 0 Å². The lowest BCUT2D eigenvalue weighted by Crippen LogP contribution is -2.26. The van der Waals surface area contributed by atoms with Gasteiger partial charge in [0.15, 0.2) is 5.65 Å². The highest BCUT2D eigenvalue weighted by Gasteiger charge is 2.28. The maximum atomic E-state index is 12.1. The lowest BCUT2D eigenvalue weighted by atomic mass is 10.0. The Morgan fingerprint density at radius 3 is 3.12 bits per heavy atom. The van der Waals surface area contributed by atoms with E-state index >= 15 is 0 Å². The highest BCUT2D eigenvalue weighted by atomic mass is 16.1. The predicted molar refractivity (Wildman–Crippen MR) is 89.2 cm³/mol. The lowest BCUT2D eigenvalue weighted by Gasteiger charge is -2.20. The van der Waals surface area contributed by atoms with Gasteiger partial charge in [0, 0.05) is 18.8 Å². The second-order valence-corrected chi connectivity index (χ2v) is 6.66. The van der Waals surface area contributed by atoms with Crippen LogP contribution < -0.4 is 10.5 Å². The second kappa shape index (κ2) is 5.19. The number of nitrogens with zero attached hydrogens (tertiary/aromatic N) is 5. The number of aromatic amines is 2. The fourth-order valence-corrected chi connectivity index (χ4v) is 3.95. The zero-order valence-electron chi connectivity index (χ0n) is 13.3. The van der Waals surface area contributed by atoms with Gasteiger partial charge in [0.1, 0.15) is 5.39 Å². The number of nitrogens with one attached hydrogen (secondary N) is 2. The first-order valence-electron chi connectivity index (χ1n) is 8.52. The maximum absolute atomic E-state index is 12.1. The highest BCUT2D eigenvalue weighted by Crippen LogP contribution is 2.29. The summed E-state index contributed by atoms with van der Waals surface area (Å²) in [5.41, 5.74) is 3.06. The molecule has 1 aliphatic carbocycles. The molecule has 3 aromatic heterocycles. The number of imidazole rings is 1. The van der Waals surface area contributed by atoms with Crippen LogP contribution >= 0.6 is 0 Å². The zero-order chi connectivity index (χ0) is 16.1. The monoisotopic (exact) mass is 325 g/mol. The summed E-state index contributed by atoms with van der Waals surface area (Å²) in [6, 6.07) is 0.391. The molecule has 1 unspecified atom stereocenters. The normalized spacial score (nSPS) is 20.7. The van der Waals surface area contributed by atoms with Crippen LogP contribution in [0.1, 0.15) is 36.7 Å². The molecule has 2 aliphatic rings. The van der Waals surface area contributed by atoms with Crippen molar-refractivity contribution in [2.75, 3.05) is 18.0 Å². The quantitative estimate of drug-likeness (QED) is 0.737. The molecule has 4 heterocycles. The molecule has 5 rings (SSSR count). The van der Waals surface area contributed by atoms with Gasteiger partial charge in [0.2, 0.25) is 5.95 Å². The third-order valence-electron chi connectivity index (χ3n) is 5.22. The van der Waals surface area contributed by atoms with Gasteiger partial charge in [0.25, 0.3) is 5.56 Å². The van der Waals surface area contributed by atoms with Gasteiger partial charge in [-0.3, -0.25) is 14.9 Å². The van der Waals surface area contributed by atoms with E-state index in [-0.39, 0.29) is 5.56 Å². The van der Waals surface area contributed by atoms with Gasteiger partial charge >= 0.3 is 0 Å². The van der Waals surface area contributed by atoms with E-state index in [4.69, 9.17) is 0 Å². The number of hydrogen-bond acceptors (Lipinski definition) is 5. The Kier molecular flexibility index (Phi) is 2.97. The summed E-state index contributed by atoms with van der Waals surface area (Å²) in [5, 5.41) is 7.17. The van der Waals surface area contributed by atoms with Crippen LogP contribution in [0.3, 0.4) is 0 Å². The van der Waals surface area contributed by atoms with E-state index < -0.39 is 0 Å². The average molecular weight is 325 g/mol.